The van der Waals surface area contributed by atoms with Gasteiger partial charge in [-0.1, -0.05) is 13.0 Å². The predicted molar refractivity (Wildman–Crippen MR) is 67.3 cm³/mol. The van der Waals surface area contributed by atoms with E-state index in [-0.39, 0.29) is 5.91 Å². The molecule has 2 aromatic heterocycles. The highest BCUT2D eigenvalue weighted by Crippen LogP contribution is 2.16. The number of rotatable bonds is 2. The van der Waals surface area contributed by atoms with Crippen molar-refractivity contribution in [3.63, 3.8) is 0 Å². The molecule has 0 unspecified atom stereocenters. The van der Waals surface area contributed by atoms with Crippen molar-refractivity contribution in [1.29, 1.82) is 0 Å². The van der Waals surface area contributed by atoms with Crippen molar-refractivity contribution < 1.29 is 4.79 Å². The topological polar surface area (TPSA) is 37.6 Å². The van der Waals surface area contributed by atoms with Crippen molar-refractivity contribution in [2.75, 3.05) is 14.1 Å². The zero-order chi connectivity index (χ0) is 12.6. The van der Waals surface area contributed by atoms with Crippen LogP contribution in [0.3, 0.4) is 0 Å². The normalized spacial score (nSPS) is 10.8. The quantitative estimate of drug-likeness (QED) is 0.791. The van der Waals surface area contributed by atoms with Gasteiger partial charge in [0.15, 0.2) is 0 Å². The third kappa shape index (κ3) is 1.90. The molecule has 0 spiro atoms. The number of pyridine rings is 1. The van der Waals surface area contributed by atoms with Gasteiger partial charge < -0.3 is 4.90 Å². The summed E-state index contributed by atoms with van der Waals surface area (Å²) in [6.07, 6.45) is 2.72. The summed E-state index contributed by atoms with van der Waals surface area (Å²) in [5.41, 5.74) is 3.48. The van der Waals surface area contributed by atoms with Crippen molar-refractivity contribution >= 4 is 11.6 Å². The van der Waals surface area contributed by atoms with Crippen LogP contribution < -0.4 is 0 Å². The molecule has 0 fully saturated rings. The molecule has 0 bridgehead atoms. The van der Waals surface area contributed by atoms with E-state index in [2.05, 4.69) is 4.98 Å². The van der Waals surface area contributed by atoms with Crippen LogP contribution in [-0.2, 0) is 6.42 Å². The lowest BCUT2D eigenvalue weighted by Crippen LogP contribution is -2.24. The van der Waals surface area contributed by atoms with Crippen LogP contribution >= 0.6 is 0 Å². The van der Waals surface area contributed by atoms with Crippen molar-refractivity contribution in [3.05, 3.63) is 35.3 Å². The average Bonchev–Trinajstić information content (AvgIpc) is 2.65. The van der Waals surface area contributed by atoms with E-state index in [1.54, 1.807) is 19.0 Å². The highest BCUT2D eigenvalue weighted by molar-refractivity contribution is 5.94. The Bertz CT molecular complexity index is 569. The number of aromatic nitrogens is 2. The molecule has 0 atom stereocenters. The summed E-state index contributed by atoms with van der Waals surface area (Å²) in [5, 5.41) is 0. The van der Waals surface area contributed by atoms with E-state index in [9.17, 15) is 4.79 Å². The molecule has 0 aliphatic heterocycles. The molecule has 0 aliphatic carbocycles. The first kappa shape index (κ1) is 11.6. The maximum Gasteiger partial charge on any atom is 0.272 e. The maximum atomic E-state index is 12.2. The summed E-state index contributed by atoms with van der Waals surface area (Å²) < 4.78 is 1.89. The molecule has 4 nitrogen and oxygen atoms in total. The highest BCUT2D eigenvalue weighted by Gasteiger charge is 2.19. The Morgan fingerprint density at radius 3 is 2.71 bits per heavy atom. The summed E-state index contributed by atoms with van der Waals surface area (Å²) >= 11 is 0. The second-order valence-corrected chi connectivity index (χ2v) is 4.39. The van der Waals surface area contributed by atoms with Gasteiger partial charge in [0, 0.05) is 20.3 Å². The van der Waals surface area contributed by atoms with Crippen molar-refractivity contribution in [3.8, 4) is 0 Å². The fourth-order valence-corrected chi connectivity index (χ4v) is 1.88. The minimum atomic E-state index is -0.0000463. The zero-order valence-electron chi connectivity index (χ0n) is 10.7. The largest absolute Gasteiger partial charge is 0.343 e. The molecule has 0 saturated heterocycles. The number of amides is 1. The third-order valence-corrected chi connectivity index (χ3v) is 2.78. The van der Waals surface area contributed by atoms with Crippen molar-refractivity contribution in [1.82, 2.24) is 14.3 Å². The second kappa shape index (κ2) is 4.20. The van der Waals surface area contributed by atoms with Crippen LogP contribution in [0.25, 0.3) is 5.65 Å². The van der Waals surface area contributed by atoms with Gasteiger partial charge in [-0.2, -0.15) is 0 Å². The van der Waals surface area contributed by atoms with Crippen LogP contribution in [0.5, 0.6) is 0 Å². The lowest BCUT2D eigenvalue weighted by Gasteiger charge is -2.11. The van der Waals surface area contributed by atoms with E-state index >= 15 is 0 Å². The van der Waals surface area contributed by atoms with E-state index in [0.29, 0.717) is 5.69 Å². The highest BCUT2D eigenvalue weighted by atomic mass is 16.2. The summed E-state index contributed by atoms with van der Waals surface area (Å²) in [6.45, 7) is 4.02. The number of carbonyl (C=O) groups excluding carboxylic acids is 1. The van der Waals surface area contributed by atoms with Crippen LogP contribution in [-0.4, -0.2) is 34.3 Å². The Morgan fingerprint density at radius 2 is 2.12 bits per heavy atom. The van der Waals surface area contributed by atoms with Gasteiger partial charge in [0.25, 0.3) is 5.91 Å². The summed E-state index contributed by atoms with van der Waals surface area (Å²) in [4.78, 5) is 18.3. The molecular formula is C13H17N3O. The first-order chi connectivity index (χ1) is 8.04. The van der Waals surface area contributed by atoms with Crippen molar-refractivity contribution in [2.24, 2.45) is 0 Å². The molecule has 0 radical (unpaired) electrons. The molecule has 2 heterocycles. The standard InChI is InChI=1S/C13H17N3O/c1-5-10-12(13(17)15(3)4)16-8-9(2)6-7-11(16)14-10/h6-8H,5H2,1-4H3. The summed E-state index contributed by atoms with van der Waals surface area (Å²) in [6, 6.07) is 3.95. The van der Waals surface area contributed by atoms with E-state index in [1.807, 2.05) is 36.6 Å². The number of hydrogen-bond donors (Lipinski definition) is 0. The lowest BCUT2D eigenvalue weighted by molar-refractivity contribution is 0.0820. The average molecular weight is 231 g/mol. The molecule has 0 aromatic carbocycles. The van der Waals surface area contributed by atoms with Gasteiger partial charge in [-0.3, -0.25) is 9.20 Å². The second-order valence-electron chi connectivity index (χ2n) is 4.39. The minimum Gasteiger partial charge on any atom is -0.343 e. The Labute approximate surface area is 101 Å². The molecule has 1 amide bonds. The molecule has 0 N–H and O–H groups in total. The molecular weight excluding hydrogens is 214 g/mol. The van der Waals surface area contributed by atoms with Crippen LogP contribution in [0, 0.1) is 6.92 Å². The molecule has 17 heavy (non-hydrogen) atoms. The minimum absolute atomic E-state index is 0.0000463. The smallest absolute Gasteiger partial charge is 0.272 e. The SMILES string of the molecule is CCc1nc2ccc(C)cn2c1C(=O)N(C)C. The van der Waals surface area contributed by atoms with Crippen molar-refractivity contribution in [2.45, 2.75) is 20.3 Å². The van der Waals surface area contributed by atoms with Gasteiger partial charge in [0.2, 0.25) is 0 Å². The van der Waals surface area contributed by atoms with E-state index in [4.69, 9.17) is 0 Å². The molecule has 2 aromatic rings. The number of nitrogens with zero attached hydrogens (tertiary/aromatic N) is 3. The molecule has 2 rings (SSSR count). The zero-order valence-corrected chi connectivity index (χ0v) is 10.7. The lowest BCUT2D eigenvalue weighted by atomic mass is 10.2. The first-order valence-corrected chi connectivity index (χ1v) is 5.73. The van der Waals surface area contributed by atoms with Gasteiger partial charge in [-0.05, 0) is 25.0 Å². The van der Waals surface area contributed by atoms with Crippen LogP contribution in [0.1, 0.15) is 28.7 Å². The first-order valence-electron chi connectivity index (χ1n) is 5.73. The van der Waals surface area contributed by atoms with Gasteiger partial charge in [-0.15, -0.1) is 0 Å². The van der Waals surface area contributed by atoms with Crippen LogP contribution in [0.15, 0.2) is 18.3 Å². The number of aryl methyl sites for hydroxylation is 2. The Balaban J connectivity index is 2.73. The fraction of sp³-hybridized carbons (Fsp3) is 0.385. The van der Waals surface area contributed by atoms with Gasteiger partial charge in [0.1, 0.15) is 11.3 Å². The fourth-order valence-electron chi connectivity index (χ4n) is 1.88. The van der Waals surface area contributed by atoms with E-state index in [0.717, 1.165) is 23.3 Å². The van der Waals surface area contributed by atoms with E-state index < -0.39 is 0 Å². The summed E-state index contributed by atoms with van der Waals surface area (Å²) in [7, 11) is 3.52. The van der Waals surface area contributed by atoms with Crippen LogP contribution in [0.4, 0.5) is 0 Å². The predicted octanol–water partition coefficient (Wildman–Crippen LogP) is 1.91. The number of imidazole rings is 1. The summed E-state index contributed by atoms with van der Waals surface area (Å²) in [5.74, 6) is -0.0000463. The van der Waals surface area contributed by atoms with Gasteiger partial charge >= 0.3 is 0 Å². The number of carbonyl (C=O) groups is 1. The number of hydrogen-bond acceptors (Lipinski definition) is 2. The third-order valence-electron chi connectivity index (χ3n) is 2.78. The molecule has 90 valence electrons. The monoisotopic (exact) mass is 231 g/mol. The maximum absolute atomic E-state index is 12.2. The Morgan fingerprint density at radius 1 is 1.41 bits per heavy atom. The molecule has 4 heteroatoms. The Kier molecular flexibility index (Phi) is 2.88. The van der Waals surface area contributed by atoms with Gasteiger partial charge in [0.05, 0.1) is 5.69 Å². The molecule has 0 saturated carbocycles. The van der Waals surface area contributed by atoms with E-state index in [1.165, 1.54) is 0 Å². The van der Waals surface area contributed by atoms with Crippen LogP contribution in [0.2, 0.25) is 0 Å². The molecule has 0 aliphatic rings. The number of fused-ring (bicyclic) bond motifs is 1. The Hall–Kier alpha value is -1.84. The van der Waals surface area contributed by atoms with Gasteiger partial charge in [-0.25, -0.2) is 4.98 Å².